The molecule has 0 N–H and O–H groups in total. The zero-order valence-electron chi connectivity index (χ0n) is 11.6. The monoisotopic (exact) mass is 351 g/mol. The third-order valence-electron chi connectivity index (χ3n) is 2.93. The van der Waals surface area contributed by atoms with E-state index in [1.807, 2.05) is 12.1 Å². The van der Waals surface area contributed by atoms with Crippen molar-refractivity contribution < 1.29 is 34.6 Å². The predicted octanol–water partition coefficient (Wildman–Crippen LogP) is 3.77. The van der Waals surface area contributed by atoms with Crippen LogP contribution in [0, 0.1) is 0 Å². The van der Waals surface area contributed by atoms with Crippen LogP contribution in [0.3, 0.4) is 0 Å². The first-order valence-electron chi connectivity index (χ1n) is 5.63. The minimum absolute atomic E-state index is 0. The van der Waals surface area contributed by atoms with Gasteiger partial charge >= 0.3 is 119 Å². The Hall–Kier alpha value is -0.606. The summed E-state index contributed by atoms with van der Waals surface area (Å²) in [6.07, 6.45) is 5.27. The SMILES string of the molecule is COc1ccc(C2=[C]([Ti])CC=C2)c(OC)c1OC.Cl.Cl. The van der Waals surface area contributed by atoms with Crippen LogP contribution in [0.15, 0.2) is 28.2 Å². The van der Waals surface area contributed by atoms with Gasteiger partial charge in [0.05, 0.1) is 0 Å². The van der Waals surface area contributed by atoms with Crippen molar-refractivity contribution in [3.8, 4) is 17.2 Å². The van der Waals surface area contributed by atoms with E-state index >= 15 is 0 Å². The molecule has 0 spiro atoms. The second-order valence-corrected chi connectivity index (χ2v) is 4.82. The minimum Gasteiger partial charge on any atom is -0.147 e. The van der Waals surface area contributed by atoms with Crippen LogP contribution in [0.25, 0.3) is 5.57 Å². The van der Waals surface area contributed by atoms with Gasteiger partial charge in [0.25, 0.3) is 0 Å². The van der Waals surface area contributed by atoms with Gasteiger partial charge < -0.3 is 0 Å². The number of allylic oxidation sites excluding steroid dienone is 4. The second kappa shape index (κ2) is 8.63. The molecule has 20 heavy (non-hydrogen) atoms. The van der Waals surface area contributed by atoms with Gasteiger partial charge in [-0.3, -0.25) is 0 Å². The van der Waals surface area contributed by atoms with Crippen molar-refractivity contribution in [3.05, 3.63) is 33.7 Å². The molecule has 6 heteroatoms. The van der Waals surface area contributed by atoms with Crippen LogP contribution >= 0.6 is 24.8 Å². The summed E-state index contributed by atoms with van der Waals surface area (Å²) in [5.41, 5.74) is 2.24. The van der Waals surface area contributed by atoms with Crippen LogP contribution in [0.1, 0.15) is 12.0 Å². The smallest absolute Gasteiger partial charge is 0.147 e. The normalized spacial score (nSPS) is 12.5. The number of methoxy groups -OCH3 is 3. The molecule has 1 aromatic rings. The molecule has 109 valence electrons. The molecule has 0 bridgehead atoms. The van der Waals surface area contributed by atoms with Crippen molar-refractivity contribution in [2.75, 3.05) is 21.3 Å². The van der Waals surface area contributed by atoms with Gasteiger partial charge in [0, 0.05) is 0 Å². The van der Waals surface area contributed by atoms with Crippen LogP contribution in [-0.2, 0) is 20.4 Å². The summed E-state index contributed by atoms with van der Waals surface area (Å²) >= 11 is 2.13. The summed E-state index contributed by atoms with van der Waals surface area (Å²) in [7, 11) is 4.89. The zero-order valence-corrected chi connectivity index (χ0v) is 14.8. The van der Waals surface area contributed by atoms with E-state index in [2.05, 4.69) is 32.6 Å². The predicted molar refractivity (Wildman–Crippen MR) is 81.3 cm³/mol. The zero-order chi connectivity index (χ0) is 13.1. The van der Waals surface area contributed by atoms with E-state index in [9.17, 15) is 0 Å². The fraction of sp³-hybridized carbons (Fsp3) is 0.286. The molecule has 0 radical (unpaired) electrons. The maximum atomic E-state index is 5.50. The van der Waals surface area contributed by atoms with Crippen molar-refractivity contribution in [1.29, 1.82) is 0 Å². The van der Waals surface area contributed by atoms with E-state index in [4.69, 9.17) is 14.2 Å². The topological polar surface area (TPSA) is 27.7 Å². The maximum absolute atomic E-state index is 5.50. The largest absolute Gasteiger partial charge is 0.147 e. The first-order chi connectivity index (χ1) is 8.72. The van der Waals surface area contributed by atoms with Crippen molar-refractivity contribution in [3.63, 3.8) is 0 Å². The Kier molecular flexibility index (Phi) is 8.37. The molecular formula is C14H17Cl2O3Ti. The molecule has 0 aliphatic heterocycles. The van der Waals surface area contributed by atoms with Crippen LogP contribution < -0.4 is 14.2 Å². The van der Waals surface area contributed by atoms with Gasteiger partial charge in [-0.15, -0.1) is 24.8 Å². The van der Waals surface area contributed by atoms with Gasteiger partial charge in [0.15, 0.2) is 0 Å². The van der Waals surface area contributed by atoms with Crippen LogP contribution in [0.5, 0.6) is 17.2 Å². The molecule has 2 rings (SSSR count). The second-order valence-electron chi connectivity index (χ2n) is 3.88. The van der Waals surface area contributed by atoms with Gasteiger partial charge in [-0.2, -0.15) is 0 Å². The Labute approximate surface area is 143 Å². The van der Waals surface area contributed by atoms with E-state index in [-0.39, 0.29) is 24.8 Å². The molecule has 1 aromatic carbocycles. The molecule has 1 aliphatic carbocycles. The summed E-state index contributed by atoms with van der Waals surface area (Å²) in [4.78, 5) is 0. The van der Waals surface area contributed by atoms with E-state index in [0.29, 0.717) is 11.5 Å². The summed E-state index contributed by atoms with van der Waals surface area (Å²) in [6.45, 7) is 0. The van der Waals surface area contributed by atoms with Crippen LogP contribution in [0.4, 0.5) is 0 Å². The number of benzene rings is 1. The first-order valence-corrected chi connectivity index (χ1v) is 6.41. The van der Waals surface area contributed by atoms with Crippen LogP contribution in [0.2, 0.25) is 0 Å². The Morgan fingerprint density at radius 3 is 2.05 bits per heavy atom. The Morgan fingerprint density at radius 1 is 0.950 bits per heavy atom. The number of hydrogen-bond donors (Lipinski definition) is 0. The summed E-state index contributed by atoms with van der Waals surface area (Å²) in [6, 6.07) is 3.91. The van der Waals surface area contributed by atoms with Crippen molar-refractivity contribution in [1.82, 2.24) is 0 Å². The molecule has 3 nitrogen and oxygen atoms in total. The van der Waals surface area contributed by atoms with E-state index < -0.39 is 0 Å². The van der Waals surface area contributed by atoms with Crippen LogP contribution in [-0.4, -0.2) is 21.3 Å². The molecule has 0 fully saturated rings. The summed E-state index contributed by atoms with van der Waals surface area (Å²) in [5.74, 6) is 2.04. The average molecular weight is 352 g/mol. The van der Waals surface area contributed by atoms with Gasteiger partial charge in [-0.25, -0.2) is 0 Å². The maximum Gasteiger partial charge on any atom is -0.147 e. The van der Waals surface area contributed by atoms with E-state index in [1.54, 1.807) is 21.3 Å². The Bertz CT molecular complexity index is 527. The van der Waals surface area contributed by atoms with Gasteiger partial charge in [-0.1, -0.05) is 0 Å². The fourth-order valence-electron chi connectivity index (χ4n) is 2.07. The molecule has 1 aliphatic rings. The third kappa shape index (κ3) is 3.53. The summed E-state index contributed by atoms with van der Waals surface area (Å²) < 4.78 is 17.5. The van der Waals surface area contributed by atoms with Gasteiger partial charge in [0.1, 0.15) is 0 Å². The van der Waals surface area contributed by atoms with Gasteiger partial charge in [-0.05, 0) is 0 Å². The summed E-state index contributed by atoms with van der Waals surface area (Å²) in [5, 5.41) is 0. The van der Waals surface area contributed by atoms with Crippen molar-refractivity contribution in [2.24, 2.45) is 0 Å². The fourth-order valence-corrected chi connectivity index (χ4v) is 2.60. The standard InChI is InChI=1S/C14H15O3.2ClH.Ti/c1-15-12-9-8-11(10-6-4-5-7-10)13(16-2)14(12)17-3;;;/h4,6,8-9H,5H2,1-3H3;2*1H;. The molecule has 0 saturated carbocycles. The number of hydrogen-bond acceptors (Lipinski definition) is 3. The van der Waals surface area contributed by atoms with E-state index in [0.717, 1.165) is 17.7 Å². The minimum atomic E-state index is 0. The average Bonchev–Trinajstić information content (AvgIpc) is 2.82. The third-order valence-corrected chi connectivity index (χ3v) is 3.67. The van der Waals surface area contributed by atoms with Gasteiger partial charge in [0.2, 0.25) is 0 Å². The Balaban J connectivity index is 0.00000180. The number of halogens is 2. The number of rotatable bonds is 4. The Morgan fingerprint density at radius 2 is 1.60 bits per heavy atom. The van der Waals surface area contributed by atoms with Crippen molar-refractivity contribution >= 4 is 30.4 Å². The van der Waals surface area contributed by atoms with Crippen molar-refractivity contribution in [2.45, 2.75) is 6.42 Å². The first kappa shape index (κ1) is 19.4. The quantitative estimate of drug-likeness (QED) is 0.773. The van der Waals surface area contributed by atoms with E-state index in [1.165, 1.54) is 9.45 Å². The molecule has 0 unspecified atom stereocenters. The molecule has 0 saturated heterocycles. The number of ether oxygens (including phenoxy) is 3. The molecule has 0 atom stereocenters. The molecule has 0 aromatic heterocycles. The molecular weight excluding hydrogens is 335 g/mol. The molecule has 0 heterocycles. The molecule has 0 amide bonds.